The quantitative estimate of drug-likeness (QED) is 0.780. The fraction of sp³-hybridized carbons (Fsp3) is 0.700. The molecule has 1 heterocycles. The first-order valence-electron chi connectivity index (χ1n) is 5.37. The minimum Gasteiger partial charge on any atom is -0.359 e. The maximum Gasteiger partial charge on any atom is 0.242 e. The van der Waals surface area contributed by atoms with Crippen LogP contribution in [0.5, 0.6) is 0 Å². The number of amides is 2. The summed E-state index contributed by atoms with van der Waals surface area (Å²) >= 11 is 1.39. The van der Waals surface area contributed by atoms with Crippen molar-refractivity contribution in [1.29, 1.82) is 0 Å². The van der Waals surface area contributed by atoms with Gasteiger partial charge in [0.25, 0.3) is 0 Å². The van der Waals surface area contributed by atoms with Gasteiger partial charge in [-0.15, -0.1) is 0 Å². The topological polar surface area (TPSA) is 61.8 Å². The number of hydrogen-bond donors (Lipinski definition) is 1. The van der Waals surface area contributed by atoms with Crippen molar-refractivity contribution in [3.05, 3.63) is 0 Å². The van der Waals surface area contributed by atoms with Crippen molar-refractivity contribution >= 4 is 28.7 Å². The molecule has 16 heavy (non-hydrogen) atoms. The Bertz CT molecular complexity index is 317. The van der Waals surface area contributed by atoms with Crippen LogP contribution in [-0.2, 0) is 9.59 Å². The zero-order chi connectivity index (χ0) is 12.1. The van der Waals surface area contributed by atoms with Gasteiger partial charge >= 0.3 is 0 Å². The Balaban J connectivity index is 2.74. The predicted octanol–water partition coefficient (Wildman–Crippen LogP) is 0.462. The molecule has 5 nitrogen and oxygen atoms in total. The number of carbonyl (C=O) groups is 2. The fourth-order valence-electron chi connectivity index (χ4n) is 1.46. The summed E-state index contributed by atoms with van der Waals surface area (Å²) in [5.74, 6) is -0.122. The van der Waals surface area contributed by atoms with Gasteiger partial charge in [0, 0.05) is 26.6 Å². The minimum atomic E-state index is -0.315. The Hall–Kier alpha value is -1.04. The molecule has 0 saturated carbocycles. The van der Waals surface area contributed by atoms with Gasteiger partial charge in [0.2, 0.25) is 11.8 Å². The lowest BCUT2D eigenvalue weighted by atomic mass is 10.2. The van der Waals surface area contributed by atoms with Gasteiger partial charge in [-0.3, -0.25) is 19.5 Å². The number of nitrogens with zero attached hydrogens (tertiary/aromatic N) is 2. The largest absolute Gasteiger partial charge is 0.359 e. The summed E-state index contributed by atoms with van der Waals surface area (Å²) in [6, 6.07) is 0. The molecule has 1 aliphatic rings. The SMILES string of the molecule is CCN=C1SC(CC(=O)NC)C(=O)N1CC. The normalized spacial score (nSPS) is 22.9. The summed E-state index contributed by atoms with van der Waals surface area (Å²) < 4.78 is 0. The molecule has 1 saturated heterocycles. The minimum absolute atomic E-state index is 0.0108. The third-order valence-corrected chi connectivity index (χ3v) is 3.49. The van der Waals surface area contributed by atoms with Crippen molar-refractivity contribution in [1.82, 2.24) is 10.2 Å². The second kappa shape index (κ2) is 5.89. The lowest BCUT2D eigenvalue weighted by Crippen LogP contribution is -2.34. The van der Waals surface area contributed by atoms with Crippen LogP contribution >= 0.6 is 11.8 Å². The Morgan fingerprint density at radius 3 is 2.75 bits per heavy atom. The summed E-state index contributed by atoms with van der Waals surface area (Å²) in [7, 11) is 1.57. The summed E-state index contributed by atoms with van der Waals surface area (Å²) in [4.78, 5) is 29.1. The van der Waals surface area contributed by atoms with E-state index < -0.39 is 0 Å². The maximum atomic E-state index is 11.9. The summed E-state index contributed by atoms with van der Waals surface area (Å²) in [5, 5.41) is 2.95. The van der Waals surface area contributed by atoms with Gasteiger partial charge < -0.3 is 5.32 Å². The van der Waals surface area contributed by atoms with Crippen LogP contribution in [0.15, 0.2) is 4.99 Å². The Kier molecular flexibility index (Phi) is 4.79. The third kappa shape index (κ3) is 2.75. The van der Waals surface area contributed by atoms with Crippen molar-refractivity contribution in [3.63, 3.8) is 0 Å². The van der Waals surface area contributed by atoms with Crippen molar-refractivity contribution in [2.75, 3.05) is 20.1 Å². The molecule has 1 fully saturated rings. The van der Waals surface area contributed by atoms with E-state index in [0.29, 0.717) is 13.1 Å². The van der Waals surface area contributed by atoms with Crippen LogP contribution in [-0.4, -0.2) is 47.3 Å². The molecule has 0 aliphatic carbocycles. The first-order chi connectivity index (χ1) is 7.63. The van der Waals surface area contributed by atoms with Gasteiger partial charge in [-0.1, -0.05) is 11.8 Å². The molecule has 1 unspecified atom stereocenters. The highest BCUT2D eigenvalue weighted by Gasteiger charge is 2.37. The van der Waals surface area contributed by atoms with Gasteiger partial charge in [0.05, 0.1) is 0 Å². The molecule has 6 heteroatoms. The summed E-state index contributed by atoms with van der Waals surface area (Å²) in [6.45, 7) is 5.09. The van der Waals surface area contributed by atoms with Crippen LogP contribution in [0.4, 0.5) is 0 Å². The molecule has 0 spiro atoms. The van der Waals surface area contributed by atoms with Crippen molar-refractivity contribution in [2.24, 2.45) is 4.99 Å². The standard InChI is InChI=1S/C10H17N3O2S/c1-4-12-10-13(5-2)9(15)7(16-10)6-8(14)11-3/h7H,4-6H2,1-3H3,(H,11,14). The summed E-state index contributed by atoms with van der Waals surface area (Å²) in [5.41, 5.74) is 0. The van der Waals surface area contributed by atoms with Crippen LogP contribution in [0.1, 0.15) is 20.3 Å². The number of amidine groups is 1. The smallest absolute Gasteiger partial charge is 0.242 e. The van der Waals surface area contributed by atoms with Gasteiger partial charge in [0.15, 0.2) is 5.17 Å². The van der Waals surface area contributed by atoms with Crippen molar-refractivity contribution in [2.45, 2.75) is 25.5 Å². The van der Waals surface area contributed by atoms with Crippen LogP contribution in [0, 0.1) is 0 Å². The molecule has 0 aromatic rings. The molecule has 0 aromatic carbocycles. The lowest BCUT2D eigenvalue weighted by Gasteiger charge is -2.12. The molecular weight excluding hydrogens is 226 g/mol. The second-order valence-electron chi connectivity index (χ2n) is 3.32. The number of nitrogens with one attached hydrogen (secondary N) is 1. The zero-order valence-electron chi connectivity index (χ0n) is 9.82. The molecule has 0 aromatic heterocycles. The average molecular weight is 243 g/mol. The molecule has 1 aliphatic heterocycles. The van der Waals surface area contributed by atoms with E-state index >= 15 is 0 Å². The number of rotatable bonds is 4. The molecule has 90 valence electrons. The van der Waals surface area contributed by atoms with E-state index in [-0.39, 0.29) is 23.5 Å². The second-order valence-corrected chi connectivity index (χ2v) is 4.49. The van der Waals surface area contributed by atoms with E-state index in [4.69, 9.17) is 0 Å². The Morgan fingerprint density at radius 1 is 1.56 bits per heavy atom. The fourth-order valence-corrected chi connectivity index (χ4v) is 2.72. The number of aliphatic imine (C=N–C) groups is 1. The summed E-state index contributed by atoms with van der Waals surface area (Å²) in [6.07, 6.45) is 0.221. The van der Waals surface area contributed by atoms with Gasteiger partial charge in [0.1, 0.15) is 5.25 Å². The van der Waals surface area contributed by atoms with Crippen molar-refractivity contribution < 1.29 is 9.59 Å². The molecule has 0 bridgehead atoms. The van der Waals surface area contributed by atoms with Crippen LogP contribution in [0.3, 0.4) is 0 Å². The monoisotopic (exact) mass is 243 g/mol. The zero-order valence-corrected chi connectivity index (χ0v) is 10.6. The molecule has 1 rings (SSSR count). The maximum absolute atomic E-state index is 11.9. The number of thioether (sulfide) groups is 1. The first-order valence-corrected chi connectivity index (χ1v) is 6.25. The van der Waals surface area contributed by atoms with E-state index in [2.05, 4.69) is 10.3 Å². The molecular formula is C10H17N3O2S. The first kappa shape index (κ1) is 13.0. The number of carbonyl (C=O) groups excluding carboxylic acids is 2. The highest BCUT2D eigenvalue weighted by molar-refractivity contribution is 8.15. The van der Waals surface area contributed by atoms with Gasteiger partial charge in [-0.05, 0) is 13.8 Å². The molecule has 2 amide bonds. The van der Waals surface area contributed by atoms with E-state index in [1.807, 2.05) is 13.8 Å². The molecule has 1 atom stereocenters. The predicted molar refractivity (Wildman–Crippen MR) is 65.4 cm³/mol. The highest BCUT2D eigenvalue weighted by atomic mass is 32.2. The van der Waals surface area contributed by atoms with Crippen molar-refractivity contribution in [3.8, 4) is 0 Å². The van der Waals surface area contributed by atoms with Crippen LogP contribution in [0.25, 0.3) is 0 Å². The van der Waals surface area contributed by atoms with Gasteiger partial charge in [-0.2, -0.15) is 0 Å². The lowest BCUT2D eigenvalue weighted by molar-refractivity contribution is -0.129. The third-order valence-electron chi connectivity index (χ3n) is 2.28. The van der Waals surface area contributed by atoms with Crippen LogP contribution in [0.2, 0.25) is 0 Å². The Labute approximate surface area is 99.7 Å². The molecule has 0 radical (unpaired) electrons. The van der Waals surface area contributed by atoms with E-state index in [1.54, 1.807) is 11.9 Å². The highest BCUT2D eigenvalue weighted by Crippen LogP contribution is 2.29. The van der Waals surface area contributed by atoms with Crippen LogP contribution < -0.4 is 5.32 Å². The van der Waals surface area contributed by atoms with E-state index in [1.165, 1.54) is 11.8 Å². The number of hydrogen-bond acceptors (Lipinski definition) is 4. The van der Waals surface area contributed by atoms with E-state index in [9.17, 15) is 9.59 Å². The Morgan fingerprint density at radius 2 is 2.25 bits per heavy atom. The van der Waals surface area contributed by atoms with Gasteiger partial charge in [-0.25, -0.2) is 0 Å². The molecule has 1 N–H and O–H groups in total. The van der Waals surface area contributed by atoms with E-state index in [0.717, 1.165) is 5.17 Å². The average Bonchev–Trinajstić information content (AvgIpc) is 2.56.